The van der Waals surface area contributed by atoms with E-state index in [4.69, 9.17) is 0 Å². The van der Waals surface area contributed by atoms with Crippen LogP contribution in [0.15, 0.2) is 101 Å². The quantitative estimate of drug-likeness (QED) is 0.159. The number of hydrazone groups is 1. The van der Waals surface area contributed by atoms with Crippen LogP contribution in [0.5, 0.6) is 0 Å². The molecule has 1 heterocycles. The van der Waals surface area contributed by atoms with Crippen molar-refractivity contribution in [3.63, 3.8) is 0 Å². The minimum atomic E-state index is -0.456. The predicted molar refractivity (Wildman–Crippen MR) is 136 cm³/mol. The summed E-state index contributed by atoms with van der Waals surface area (Å²) < 4.78 is 1.77. The summed E-state index contributed by atoms with van der Waals surface area (Å²) in [6.45, 7) is 0. The third-order valence-electron chi connectivity index (χ3n) is 4.73. The molecular formula is C25H20N6O3S. The van der Waals surface area contributed by atoms with Gasteiger partial charge in [-0.25, -0.2) is 5.43 Å². The van der Waals surface area contributed by atoms with E-state index in [0.717, 1.165) is 11.3 Å². The van der Waals surface area contributed by atoms with Crippen molar-refractivity contribution in [3.05, 3.63) is 107 Å². The lowest BCUT2D eigenvalue weighted by Crippen LogP contribution is -2.19. The summed E-state index contributed by atoms with van der Waals surface area (Å²) in [6, 6.07) is 25.3. The largest absolute Gasteiger partial charge is 0.272 e. The summed E-state index contributed by atoms with van der Waals surface area (Å²) in [4.78, 5) is 23.1. The first-order valence-corrected chi connectivity index (χ1v) is 11.5. The zero-order chi connectivity index (χ0) is 24.5. The molecule has 0 saturated carbocycles. The van der Waals surface area contributed by atoms with Crippen LogP contribution in [0.4, 0.5) is 5.69 Å². The number of benzene rings is 3. The van der Waals surface area contributed by atoms with E-state index in [1.54, 1.807) is 22.8 Å². The summed E-state index contributed by atoms with van der Waals surface area (Å²) in [5.74, 6) is 0.186. The molecule has 9 nitrogen and oxygen atoms in total. The van der Waals surface area contributed by atoms with Crippen LogP contribution in [0.25, 0.3) is 23.2 Å². The van der Waals surface area contributed by atoms with Gasteiger partial charge in [-0.3, -0.25) is 19.5 Å². The molecule has 174 valence electrons. The number of hydrogen-bond donors (Lipinski definition) is 1. The molecule has 10 heteroatoms. The summed E-state index contributed by atoms with van der Waals surface area (Å²) in [6.07, 6.45) is 5.12. The fourth-order valence-electron chi connectivity index (χ4n) is 3.15. The van der Waals surface area contributed by atoms with Crippen LogP contribution < -0.4 is 5.43 Å². The van der Waals surface area contributed by atoms with Gasteiger partial charge >= 0.3 is 0 Å². The Labute approximate surface area is 205 Å². The van der Waals surface area contributed by atoms with Crippen molar-refractivity contribution in [1.29, 1.82) is 0 Å². The maximum absolute atomic E-state index is 12.3. The van der Waals surface area contributed by atoms with Gasteiger partial charge in [-0.15, -0.1) is 10.2 Å². The van der Waals surface area contributed by atoms with Gasteiger partial charge in [0, 0.05) is 29.6 Å². The number of nitro groups is 1. The van der Waals surface area contributed by atoms with Gasteiger partial charge in [0.15, 0.2) is 11.0 Å². The number of aromatic nitrogens is 3. The van der Waals surface area contributed by atoms with Gasteiger partial charge in [-0.1, -0.05) is 78.5 Å². The van der Waals surface area contributed by atoms with Crippen molar-refractivity contribution in [2.24, 2.45) is 5.10 Å². The second-order valence-corrected chi connectivity index (χ2v) is 8.10. The highest BCUT2D eigenvalue weighted by Gasteiger charge is 2.18. The van der Waals surface area contributed by atoms with Crippen molar-refractivity contribution in [2.75, 3.05) is 5.75 Å². The van der Waals surface area contributed by atoms with Crippen molar-refractivity contribution >= 4 is 35.6 Å². The van der Waals surface area contributed by atoms with Crippen LogP contribution in [-0.2, 0) is 4.79 Å². The maximum atomic E-state index is 12.3. The molecule has 0 atom stereocenters. The monoisotopic (exact) mass is 484 g/mol. The number of carbonyl (C=O) groups excluding carboxylic acids is 1. The summed E-state index contributed by atoms with van der Waals surface area (Å²) in [7, 11) is 0. The molecular weight excluding hydrogens is 464 g/mol. The zero-order valence-electron chi connectivity index (χ0n) is 18.4. The van der Waals surface area contributed by atoms with Gasteiger partial charge in [0.25, 0.3) is 11.6 Å². The lowest BCUT2D eigenvalue weighted by atomic mass is 10.2. The Balaban J connectivity index is 1.47. The fraction of sp³-hybridized carbons (Fsp3) is 0.0400. The number of hydrogen-bond acceptors (Lipinski definition) is 7. The molecule has 1 N–H and O–H groups in total. The van der Waals surface area contributed by atoms with Crippen LogP contribution in [-0.4, -0.2) is 37.6 Å². The second-order valence-electron chi connectivity index (χ2n) is 7.16. The van der Waals surface area contributed by atoms with E-state index in [-0.39, 0.29) is 17.3 Å². The average molecular weight is 485 g/mol. The van der Waals surface area contributed by atoms with E-state index >= 15 is 0 Å². The van der Waals surface area contributed by atoms with E-state index in [1.165, 1.54) is 30.1 Å². The fourth-order valence-corrected chi connectivity index (χ4v) is 3.90. The Hall–Kier alpha value is -4.57. The summed E-state index contributed by atoms with van der Waals surface area (Å²) in [5.41, 5.74) is 4.78. The first-order chi connectivity index (χ1) is 17.1. The smallest absolute Gasteiger partial charge is 0.270 e. The highest BCUT2D eigenvalue weighted by atomic mass is 32.2. The van der Waals surface area contributed by atoms with Crippen LogP contribution in [0.3, 0.4) is 0 Å². The third-order valence-corrected chi connectivity index (χ3v) is 5.66. The molecule has 0 bridgehead atoms. The van der Waals surface area contributed by atoms with E-state index in [1.807, 2.05) is 66.7 Å². The molecule has 0 aliphatic heterocycles. The maximum Gasteiger partial charge on any atom is 0.270 e. The van der Waals surface area contributed by atoms with Gasteiger partial charge < -0.3 is 0 Å². The molecule has 0 saturated heterocycles. The number of allylic oxidation sites excluding steroid dienone is 1. The van der Waals surface area contributed by atoms with Gasteiger partial charge in [0.1, 0.15) is 0 Å². The molecule has 3 aromatic carbocycles. The number of carbonyl (C=O) groups is 1. The van der Waals surface area contributed by atoms with Crippen LogP contribution in [0.2, 0.25) is 0 Å². The number of amides is 1. The lowest BCUT2D eigenvalue weighted by molar-refractivity contribution is -0.384. The Morgan fingerprint density at radius 1 is 1.03 bits per heavy atom. The second kappa shape index (κ2) is 11.5. The van der Waals surface area contributed by atoms with Gasteiger partial charge in [-0.05, 0) is 23.8 Å². The highest BCUT2D eigenvalue weighted by molar-refractivity contribution is 7.99. The molecule has 4 aromatic rings. The number of rotatable bonds is 9. The molecule has 1 aromatic heterocycles. The van der Waals surface area contributed by atoms with Gasteiger partial charge in [0.05, 0.1) is 10.7 Å². The molecule has 0 aliphatic rings. The first kappa shape index (κ1) is 23.6. The number of para-hydroxylation sites is 1. The van der Waals surface area contributed by atoms with Gasteiger partial charge in [0.2, 0.25) is 0 Å². The Morgan fingerprint density at radius 3 is 2.51 bits per heavy atom. The van der Waals surface area contributed by atoms with Crippen LogP contribution in [0, 0.1) is 10.1 Å². The molecule has 35 heavy (non-hydrogen) atoms. The van der Waals surface area contributed by atoms with E-state index in [2.05, 4.69) is 20.7 Å². The number of nitro benzene ring substituents is 1. The number of nitrogens with zero attached hydrogens (tertiary/aromatic N) is 5. The number of nitrogens with one attached hydrogen (secondary N) is 1. The Kier molecular flexibility index (Phi) is 7.77. The molecule has 0 unspecified atom stereocenters. The van der Waals surface area contributed by atoms with Crippen LogP contribution >= 0.6 is 11.8 Å². The van der Waals surface area contributed by atoms with Crippen molar-refractivity contribution in [1.82, 2.24) is 20.2 Å². The molecule has 1 amide bonds. The standard InChI is InChI=1S/C25H20N6O3S/c32-23(27-26-16-8-11-19-9-3-1-4-10-19)18-35-25-29-28-24(30(25)21-13-5-2-6-14-21)20-12-7-15-22(17-20)31(33)34/h1-17H,18H2,(H,27,32)/b11-8+,26-16+. The number of thioether (sulfide) groups is 1. The minimum absolute atomic E-state index is 0.0436. The van der Waals surface area contributed by atoms with E-state index < -0.39 is 4.92 Å². The van der Waals surface area contributed by atoms with Crippen molar-refractivity contribution in [3.8, 4) is 17.1 Å². The first-order valence-electron chi connectivity index (χ1n) is 10.5. The van der Waals surface area contributed by atoms with Gasteiger partial charge in [-0.2, -0.15) is 5.10 Å². The highest BCUT2D eigenvalue weighted by Crippen LogP contribution is 2.29. The van der Waals surface area contributed by atoms with E-state index in [0.29, 0.717) is 16.5 Å². The summed E-state index contributed by atoms with van der Waals surface area (Å²) >= 11 is 1.19. The van der Waals surface area contributed by atoms with Crippen molar-refractivity contribution < 1.29 is 9.72 Å². The van der Waals surface area contributed by atoms with E-state index in [9.17, 15) is 14.9 Å². The normalized spacial score (nSPS) is 11.2. The van der Waals surface area contributed by atoms with Crippen molar-refractivity contribution in [2.45, 2.75) is 5.16 Å². The number of non-ortho nitro benzene ring substituents is 1. The molecule has 0 aliphatic carbocycles. The Morgan fingerprint density at radius 2 is 1.77 bits per heavy atom. The topological polar surface area (TPSA) is 115 Å². The molecule has 4 rings (SSSR count). The summed E-state index contributed by atoms with van der Waals surface area (Å²) in [5, 5.41) is 24.1. The molecule has 0 fully saturated rings. The molecule has 0 spiro atoms. The average Bonchev–Trinajstić information content (AvgIpc) is 3.32. The SMILES string of the molecule is O=C(CSc1nnc(-c2cccc([N+](=O)[O-])c2)n1-c1ccccc1)N/N=C/C=C/c1ccccc1. The minimum Gasteiger partial charge on any atom is -0.272 e. The molecule has 0 radical (unpaired) electrons. The zero-order valence-corrected chi connectivity index (χ0v) is 19.2. The third kappa shape index (κ3) is 6.27. The van der Waals surface area contributed by atoms with Crippen LogP contribution in [0.1, 0.15) is 5.56 Å². The predicted octanol–water partition coefficient (Wildman–Crippen LogP) is 4.75. The lowest BCUT2D eigenvalue weighted by Gasteiger charge is -2.10. The Bertz CT molecular complexity index is 1370.